The Kier molecular flexibility index (Phi) is 25.1. The summed E-state index contributed by atoms with van der Waals surface area (Å²) in [5.74, 6) is -2.74. The van der Waals surface area contributed by atoms with Crippen LogP contribution in [0.5, 0.6) is 0 Å². The topological polar surface area (TPSA) is 115 Å². The molecule has 7 heteroatoms. The molecule has 0 amide bonds. The summed E-state index contributed by atoms with van der Waals surface area (Å²) >= 11 is 0. The number of carbonyl (C=O) groups excluding carboxylic acids is 1. The number of allylic oxidation sites excluding steroid dienone is 2. The smallest absolute Gasteiger partial charge is 0.303 e. The van der Waals surface area contributed by atoms with Gasteiger partial charge in [-0.25, -0.2) is 0 Å². The maximum Gasteiger partial charge on any atom is 0.303 e. The van der Waals surface area contributed by atoms with Crippen molar-refractivity contribution in [2.24, 2.45) is 0 Å². The Bertz CT molecular complexity index is 598. The highest BCUT2D eigenvalue weighted by molar-refractivity contribution is 5.66. The first kappa shape index (κ1) is 37.1. The lowest BCUT2D eigenvalue weighted by Gasteiger charge is -2.39. The van der Waals surface area contributed by atoms with Crippen molar-refractivity contribution in [1.29, 1.82) is 0 Å². The van der Waals surface area contributed by atoms with Gasteiger partial charge in [0.05, 0.1) is 39.0 Å². The van der Waals surface area contributed by atoms with E-state index in [1.165, 1.54) is 89.9 Å². The summed E-state index contributed by atoms with van der Waals surface area (Å²) in [5.41, 5.74) is 0. The number of hydrogen-bond acceptors (Lipinski definition) is 4. The van der Waals surface area contributed by atoms with E-state index in [1.807, 2.05) is 0 Å². The average Bonchev–Trinajstić information content (AvgIpc) is 2.87. The SMILES string of the molecule is CCCC/C=C/CCCCCCCCCCCCCC[N+](CCCC(=O)[O-])(CCCC(=O)O)CCCC(=O)O. The summed E-state index contributed by atoms with van der Waals surface area (Å²) in [4.78, 5) is 33.1. The Morgan fingerprint density at radius 3 is 1.31 bits per heavy atom. The highest BCUT2D eigenvalue weighted by Crippen LogP contribution is 2.19. The molecule has 0 aliphatic rings. The lowest BCUT2D eigenvalue weighted by atomic mass is 10.0. The zero-order chi connectivity index (χ0) is 29.0. The number of hydrogen-bond donors (Lipinski definition) is 2. The zero-order valence-corrected chi connectivity index (χ0v) is 25.0. The largest absolute Gasteiger partial charge is 0.550 e. The van der Waals surface area contributed by atoms with Crippen molar-refractivity contribution in [2.75, 3.05) is 26.2 Å². The lowest BCUT2D eigenvalue weighted by Crippen LogP contribution is -2.51. The molecule has 0 aromatic carbocycles. The van der Waals surface area contributed by atoms with Crippen molar-refractivity contribution in [3.05, 3.63) is 12.2 Å². The van der Waals surface area contributed by atoms with E-state index >= 15 is 0 Å². The van der Waals surface area contributed by atoms with Crippen molar-refractivity contribution in [2.45, 2.75) is 148 Å². The first-order valence-electron chi connectivity index (χ1n) is 15.9. The van der Waals surface area contributed by atoms with Crippen molar-refractivity contribution in [3.63, 3.8) is 0 Å². The summed E-state index contributed by atoms with van der Waals surface area (Å²) in [6.45, 7) is 5.00. The van der Waals surface area contributed by atoms with Gasteiger partial charge in [-0.3, -0.25) is 9.59 Å². The highest BCUT2D eigenvalue weighted by Gasteiger charge is 2.26. The van der Waals surface area contributed by atoms with Crippen molar-refractivity contribution < 1.29 is 34.2 Å². The van der Waals surface area contributed by atoms with Crippen LogP contribution < -0.4 is 5.11 Å². The van der Waals surface area contributed by atoms with E-state index in [0.29, 0.717) is 43.4 Å². The van der Waals surface area contributed by atoms with Crippen LogP contribution in [0, 0.1) is 0 Å². The Morgan fingerprint density at radius 1 is 0.538 bits per heavy atom. The molecule has 0 fully saturated rings. The molecule has 0 heterocycles. The Labute approximate surface area is 238 Å². The standard InChI is InChI=1S/C32H59NO6/c1-2-3-4-5-6-7-8-9-10-11-12-13-14-15-16-17-18-19-26-33(27-20-23-30(34)35,28-21-24-31(36)37)29-22-25-32(38)39/h5-6H,2-4,7-29H2,1H3,(H2-,34,35,36,37,38,39)/b6-5+. The van der Waals surface area contributed by atoms with Crippen LogP contribution >= 0.6 is 0 Å². The minimum absolute atomic E-state index is 0.0195. The Balaban J connectivity index is 4.16. The van der Waals surface area contributed by atoms with Gasteiger partial charge in [-0.1, -0.05) is 89.7 Å². The normalized spacial score (nSPS) is 11.8. The number of aliphatic carboxylic acids is 3. The van der Waals surface area contributed by atoms with Crippen LogP contribution in [0.4, 0.5) is 0 Å². The van der Waals surface area contributed by atoms with Gasteiger partial charge in [0.25, 0.3) is 0 Å². The molecule has 0 aromatic rings. The molecule has 0 saturated carbocycles. The van der Waals surface area contributed by atoms with E-state index in [-0.39, 0.29) is 19.3 Å². The third kappa shape index (κ3) is 26.1. The molecule has 228 valence electrons. The van der Waals surface area contributed by atoms with Crippen LogP contribution in [0.1, 0.15) is 148 Å². The second-order valence-electron chi connectivity index (χ2n) is 11.4. The molecular weight excluding hydrogens is 494 g/mol. The second kappa shape index (κ2) is 26.3. The van der Waals surface area contributed by atoms with Crippen LogP contribution in [0.15, 0.2) is 12.2 Å². The van der Waals surface area contributed by atoms with E-state index in [9.17, 15) is 19.5 Å². The van der Waals surface area contributed by atoms with Gasteiger partial charge in [0.2, 0.25) is 0 Å². The summed E-state index contributed by atoms with van der Waals surface area (Å²) in [6.07, 6.45) is 26.5. The van der Waals surface area contributed by atoms with Crippen LogP contribution in [0.25, 0.3) is 0 Å². The monoisotopic (exact) mass is 553 g/mol. The Morgan fingerprint density at radius 2 is 0.897 bits per heavy atom. The van der Waals surface area contributed by atoms with Crippen molar-refractivity contribution in [3.8, 4) is 0 Å². The predicted molar refractivity (Wildman–Crippen MR) is 156 cm³/mol. The van der Waals surface area contributed by atoms with Crippen LogP contribution in [0.3, 0.4) is 0 Å². The van der Waals surface area contributed by atoms with Gasteiger partial charge in [0.1, 0.15) is 0 Å². The number of quaternary nitrogens is 1. The molecular formula is C32H59NO6. The van der Waals surface area contributed by atoms with Gasteiger partial charge >= 0.3 is 11.9 Å². The fraction of sp³-hybridized carbons (Fsp3) is 0.844. The summed E-state index contributed by atoms with van der Waals surface area (Å²) < 4.78 is 0.614. The Hall–Kier alpha value is -1.89. The minimum Gasteiger partial charge on any atom is -0.550 e. The average molecular weight is 554 g/mol. The number of unbranched alkanes of at least 4 members (excludes halogenated alkanes) is 14. The fourth-order valence-corrected chi connectivity index (χ4v) is 5.40. The van der Waals surface area contributed by atoms with Gasteiger partial charge < -0.3 is 24.6 Å². The maximum atomic E-state index is 11.1. The van der Waals surface area contributed by atoms with E-state index in [1.54, 1.807) is 0 Å². The molecule has 2 N–H and O–H groups in total. The van der Waals surface area contributed by atoms with E-state index in [0.717, 1.165) is 19.4 Å². The summed E-state index contributed by atoms with van der Waals surface area (Å²) in [5, 5.41) is 29.1. The summed E-state index contributed by atoms with van der Waals surface area (Å²) in [7, 11) is 0. The first-order chi connectivity index (χ1) is 18.8. The number of nitrogens with zero attached hydrogens (tertiary/aromatic N) is 1. The zero-order valence-electron chi connectivity index (χ0n) is 25.0. The molecule has 0 aliphatic heterocycles. The van der Waals surface area contributed by atoms with E-state index in [2.05, 4.69) is 19.1 Å². The van der Waals surface area contributed by atoms with E-state index in [4.69, 9.17) is 10.2 Å². The van der Waals surface area contributed by atoms with Gasteiger partial charge in [-0.15, -0.1) is 0 Å². The molecule has 39 heavy (non-hydrogen) atoms. The third-order valence-electron chi connectivity index (χ3n) is 7.70. The van der Waals surface area contributed by atoms with E-state index < -0.39 is 17.9 Å². The molecule has 0 saturated heterocycles. The highest BCUT2D eigenvalue weighted by atomic mass is 16.4. The van der Waals surface area contributed by atoms with Crippen molar-refractivity contribution >= 4 is 17.9 Å². The van der Waals surface area contributed by atoms with Crippen LogP contribution in [-0.4, -0.2) is 58.8 Å². The van der Waals surface area contributed by atoms with Gasteiger partial charge in [-0.2, -0.15) is 0 Å². The number of carbonyl (C=O) groups is 3. The quantitative estimate of drug-likeness (QED) is 0.0569. The van der Waals surface area contributed by atoms with Crippen LogP contribution in [0.2, 0.25) is 0 Å². The number of carboxylic acids is 3. The third-order valence-corrected chi connectivity index (χ3v) is 7.70. The first-order valence-corrected chi connectivity index (χ1v) is 15.9. The fourth-order valence-electron chi connectivity index (χ4n) is 5.40. The number of rotatable bonds is 30. The van der Waals surface area contributed by atoms with Crippen molar-refractivity contribution in [1.82, 2.24) is 0 Å². The molecule has 0 aromatic heterocycles. The second-order valence-corrected chi connectivity index (χ2v) is 11.4. The lowest BCUT2D eigenvalue weighted by molar-refractivity contribution is -0.929. The van der Waals surface area contributed by atoms with Gasteiger partial charge in [0, 0.05) is 25.2 Å². The molecule has 0 spiro atoms. The molecule has 0 bridgehead atoms. The number of carboxylic acid groups (broad SMARTS) is 3. The molecule has 0 aliphatic carbocycles. The molecule has 7 nitrogen and oxygen atoms in total. The van der Waals surface area contributed by atoms with Gasteiger partial charge in [-0.05, 0) is 38.5 Å². The minimum atomic E-state index is -1.07. The predicted octanol–water partition coefficient (Wildman–Crippen LogP) is 6.88. The molecule has 0 rings (SSSR count). The van der Waals surface area contributed by atoms with Crippen LogP contribution in [-0.2, 0) is 14.4 Å². The summed E-state index contributed by atoms with van der Waals surface area (Å²) in [6, 6.07) is 0. The molecule has 0 radical (unpaired) electrons. The maximum absolute atomic E-state index is 11.1. The van der Waals surface area contributed by atoms with Gasteiger partial charge in [0.15, 0.2) is 0 Å². The molecule has 0 atom stereocenters. The molecule has 0 unspecified atom stereocenters.